The van der Waals surface area contributed by atoms with Gasteiger partial charge in [0.15, 0.2) is 5.17 Å². The molecule has 0 fully saturated rings. The van der Waals surface area contributed by atoms with Crippen molar-refractivity contribution >= 4 is 16.9 Å². The number of amidine groups is 1. The summed E-state index contributed by atoms with van der Waals surface area (Å²) in [6.45, 7) is 2.74. The van der Waals surface area contributed by atoms with E-state index in [1.807, 2.05) is 16.9 Å². The van der Waals surface area contributed by atoms with Crippen LogP contribution in [0, 0.1) is 0 Å². The SMILES string of the molecule is c1cnn(CCNC2=NCCS2)c1. The maximum Gasteiger partial charge on any atom is 0.156 e. The molecule has 13 heavy (non-hydrogen) atoms. The number of aromatic nitrogens is 2. The average molecular weight is 196 g/mol. The van der Waals surface area contributed by atoms with Gasteiger partial charge in [-0.05, 0) is 6.07 Å². The summed E-state index contributed by atoms with van der Waals surface area (Å²) in [6.07, 6.45) is 3.76. The van der Waals surface area contributed by atoms with E-state index >= 15 is 0 Å². The van der Waals surface area contributed by atoms with Gasteiger partial charge in [-0.25, -0.2) is 0 Å². The van der Waals surface area contributed by atoms with Crippen molar-refractivity contribution in [1.82, 2.24) is 15.1 Å². The monoisotopic (exact) mass is 196 g/mol. The third-order valence-corrected chi connectivity index (χ3v) is 2.70. The predicted octanol–water partition coefficient (Wildman–Crippen LogP) is 0.576. The van der Waals surface area contributed by atoms with Gasteiger partial charge in [-0.15, -0.1) is 0 Å². The molecule has 4 nitrogen and oxygen atoms in total. The van der Waals surface area contributed by atoms with Gasteiger partial charge in [0.2, 0.25) is 0 Å². The molecule has 0 aromatic carbocycles. The molecule has 1 aromatic rings. The minimum Gasteiger partial charge on any atom is -0.363 e. The standard InChI is InChI=1S/C8H12N4S/c1-2-11-12(5-1)6-3-9-8-10-4-7-13-8/h1-2,5H,3-4,6-7H2,(H,9,10). The molecule has 5 heteroatoms. The molecule has 1 aliphatic rings. The van der Waals surface area contributed by atoms with Crippen LogP contribution in [-0.4, -0.2) is 33.8 Å². The number of nitrogens with one attached hydrogen (secondary N) is 1. The maximum atomic E-state index is 4.29. The highest BCUT2D eigenvalue weighted by Crippen LogP contribution is 2.08. The Labute approximate surface area is 81.4 Å². The van der Waals surface area contributed by atoms with Crippen molar-refractivity contribution < 1.29 is 0 Å². The van der Waals surface area contributed by atoms with Crippen molar-refractivity contribution in [3.8, 4) is 0 Å². The molecule has 0 bridgehead atoms. The lowest BCUT2D eigenvalue weighted by molar-refractivity contribution is 0.605. The molecule has 1 aromatic heterocycles. The number of nitrogens with zero attached hydrogens (tertiary/aromatic N) is 3. The molecule has 2 heterocycles. The lowest BCUT2D eigenvalue weighted by atomic mass is 10.6. The highest BCUT2D eigenvalue weighted by molar-refractivity contribution is 8.14. The number of rotatable bonds is 3. The minimum atomic E-state index is 0.895. The highest BCUT2D eigenvalue weighted by Gasteiger charge is 2.04. The zero-order chi connectivity index (χ0) is 8.93. The average Bonchev–Trinajstić information content (AvgIpc) is 2.75. The molecule has 0 radical (unpaired) electrons. The predicted molar refractivity (Wildman–Crippen MR) is 55.0 cm³/mol. The molecule has 1 aliphatic heterocycles. The fourth-order valence-corrected chi connectivity index (χ4v) is 1.91. The number of hydrogen-bond acceptors (Lipinski definition) is 4. The summed E-state index contributed by atoms with van der Waals surface area (Å²) >= 11 is 1.79. The molecule has 0 atom stereocenters. The maximum absolute atomic E-state index is 4.29. The fourth-order valence-electron chi connectivity index (χ4n) is 1.15. The quantitative estimate of drug-likeness (QED) is 0.768. The van der Waals surface area contributed by atoms with Gasteiger partial charge >= 0.3 is 0 Å². The molecule has 0 saturated carbocycles. The topological polar surface area (TPSA) is 42.2 Å². The minimum absolute atomic E-state index is 0.895. The Morgan fingerprint density at radius 3 is 3.31 bits per heavy atom. The molecule has 1 N–H and O–H groups in total. The Hall–Kier alpha value is -0.970. The van der Waals surface area contributed by atoms with Crippen LogP contribution in [-0.2, 0) is 6.54 Å². The second kappa shape index (κ2) is 4.32. The Balaban J connectivity index is 1.69. The molecular formula is C8H12N4S. The van der Waals surface area contributed by atoms with Crippen LogP contribution in [0.1, 0.15) is 0 Å². The van der Waals surface area contributed by atoms with Gasteiger partial charge in [-0.3, -0.25) is 9.67 Å². The molecular weight excluding hydrogens is 184 g/mol. The van der Waals surface area contributed by atoms with Gasteiger partial charge in [0, 0.05) is 24.7 Å². The summed E-state index contributed by atoms with van der Waals surface area (Å²) in [5, 5.41) is 8.46. The van der Waals surface area contributed by atoms with E-state index in [1.54, 1.807) is 18.0 Å². The summed E-state index contributed by atoms with van der Waals surface area (Å²) in [6, 6.07) is 1.93. The summed E-state index contributed by atoms with van der Waals surface area (Å²) in [4.78, 5) is 4.29. The second-order valence-corrected chi connectivity index (χ2v) is 3.81. The largest absolute Gasteiger partial charge is 0.363 e. The van der Waals surface area contributed by atoms with Crippen molar-refractivity contribution in [2.45, 2.75) is 6.54 Å². The number of aliphatic imine (C=N–C) groups is 1. The Kier molecular flexibility index (Phi) is 2.86. The van der Waals surface area contributed by atoms with E-state index in [9.17, 15) is 0 Å². The van der Waals surface area contributed by atoms with Crippen molar-refractivity contribution in [3.05, 3.63) is 18.5 Å². The second-order valence-electron chi connectivity index (χ2n) is 2.73. The van der Waals surface area contributed by atoms with Crippen LogP contribution in [0.3, 0.4) is 0 Å². The van der Waals surface area contributed by atoms with E-state index in [2.05, 4.69) is 15.4 Å². The smallest absolute Gasteiger partial charge is 0.156 e. The first-order chi connectivity index (χ1) is 6.45. The van der Waals surface area contributed by atoms with Gasteiger partial charge < -0.3 is 5.32 Å². The van der Waals surface area contributed by atoms with Crippen LogP contribution in [0.25, 0.3) is 0 Å². The first-order valence-corrected chi connectivity index (χ1v) is 5.32. The lowest BCUT2D eigenvalue weighted by Crippen LogP contribution is -2.23. The summed E-state index contributed by atoms with van der Waals surface area (Å²) in [5.74, 6) is 1.12. The first kappa shape index (κ1) is 8.62. The van der Waals surface area contributed by atoms with Crippen LogP contribution in [0.4, 0.5) is 0 Å². The van der Waals surface area contributed by atoms with E-state index in [4.69, 9.17) is 0 Å². The summed E-state index contributed by atoms with van der Waals surface area (Å²) in [5.41, 5.74) is 0. The third kappa shape index (κ3) is 2.48. The molecule has 0 saturated heterocycles. The lowest BCUT2D eigenvalue weighted by Gasteiger charge is -2.04. The van der Waals surface area contributed by atoms with Crippen LogP contribution in [0.5, 0.6) is 0 Å². The van der Waals surface area contributed by atoms with Crippen LogP contribution < -0.4 is 5.32 Å². The Morgan fingerprint density at radius 1 is 1.62 bits per heavy atom. The van der Waals surface area contributed by atoms with E-state index < -0.39 is 0 Å². The van der Waals surface area contributed by atoms with Gasteiger partial charge in [0.1, 0.15) is 0 Å². The van der Waals surface area contributed by atoms with Gasteiger partial charge in [-0.2, -0.15) is 5.10 Å². The Morgan fingerprint density at radius 2 is 2.62 bits per heavy atom. The Bertz CT molecular complexity index is 280. The van der Waals surface area contributed by atoms with E-state index in [-0.39, 0.29) is 0 Å². The van der Waals surface area contributed by atoms with Crippen LogP contribution in [0.2, 0.25) is 0 Å². The third-order valence-electron chi connectivity index (χ3n) is 1.76. The molecule has 0 aliphatic carbocycles. The molecule has 0 spiro atoms. The van der Waals surface area contributed by atoms with E-state index in [0.29, 0.717) is 0 Å². The van der Waals surface area contributed by atoms with Gasteiger partial charge in [0.05, 0.1) is 13.1 Å². The highest BCUT2D eigenvalue weighted by atomic mass is 32.2. The summed E-state index contributed by atoms with van der Waals surface area (Å²) in [7, 11) is 0. The van der Waals surface area contributed by atoms with Gasteiger partial charge in [0.25, 0.3) is 0 Å². The molecule has 0 amide bonds. The van der Waals surface area contributed by atoms with Crippen molar-refractivity contribution in [3.63, 3.8) is 0 Å². The fraction of sp³-hybridized carbons (Fsp3) is 0.500. The molecule has 2 rings (SSSR count). The van der Waals surface area contributed by atoms with Crippen LogP contribution in [0.15, 0.2) is 23.5 Å². The first-order valence-electron chi connectivity index (χ1n) is 4.34. The zero-order valence-corrected chi connectivity index (χ0v) is 8.13. The van der Waals surface area contributed by atoms with Crippen molar-refractivity contribution in [2.24, 2.45) is 4.99 Å². The number of thioether (sulfide) groups is 1. The van der Waals surface area contributed by atoms with Crippen LogP contribution >= 0.6 is 11.8 Å². The normalized spacial score (nSPS) is 15.8. The summed E-state index contributed by atoms with van der Waals surface area (Å²) < 4.78 is 1.91. The van der Waals surface area contributed by atoms with Crippen molar-refractivity contribution in [1.29, 1.82) is 0 Å². The van der Waals surface area contributed by atoms with Gasteiger partial charge in [-0.1, -0.05) is 11.8 Å². The zero-order valence-electron chi connectivity index (χ0n) is 7.31. The van der Waals surface area contributed by atoms with E-state index in [1.165, 1.54) is 0 Å². The molecule has 0 unspecified atom stereocenters. The van der Waals surface area contributed by atoms with E-state index in [0.717, 1.165) is 30.6 Å². The van der Waals surface area contributed by atoms with Crippen molar-refractivity contribution in [2.75, 3.05) is 18.8 Å². The molecule has 70 valence electrons. The number of hydrogen-bond donors (Lipinski definition) is 1.